The number of benzene rings is 1. The van der Waals surface area contributed by atoms with Crippen LogP contribution >= 0.6 is 0 Å². The number of hydrogen-bond donors (Lipinski definition) is 0. The summed E-state index contributed by atoms with van der Waals surface area (Å²) in [5.41, 5.74) is 1.19. The van der Waals surface area contributed by atoms with Gasteiger partial charge in [0.25, 0.3) is 5.91 Å². The van der Waals surface area contributed by atoms with Gasteiger partial charge in [-0.1, -0.05) is 30.3 Å². The Balaban J connectivity index is 1.58. The Labute approximate surface area is 161 Å². The van der Waals surface area contributed by atoms with Crippen molar-refractivity contribution in [2.75, 3.05) is 0 Å². The number of alkyl halides is 1. The zero-order valence-electron chi connectivity index (χ0n) is 15.2. The third-order valence-corrected chi connectivity index (χ3v) is 5.90. The van der Waals surface area contributed by atoms with Crippen LogP contribution < -0.4 is 0 Å². The summed E-state index contributed by atoms with van der Waals surface area (Å²) in [5.74, 6) is -0.232. The molecule has 1 aromatic heterocycles. The first-order valence-corrected chi connectivity index (χ1v) is 9.61. The molecule has 0 bridgehead atoms. The molecule has 4 atom stereocenters. The molecule has 0 spiro atoms. The molecule has 0 saturated heterocycles. The maximum atomic E-state index is 14.0. The number of carbonyl (C=O) groups is 2. The highest BCUT2D eigenvalue weighted by Crippen LogP contribution is 2.47. The van der Waals surface area contributed by atoms with Crippen LogP contribution in [-0.4, -0.2) is 28.9 Å². The molecule has 1 saturated carbocycles. The van der Waals surface area contributed by atoms with Crippen LogP contribution in [-0.2, 0) is 20.9 Å². The highest BCUT2D eigenvalue weighted by atomic mass is 19.1. The van der Waals surface area contributed by atoms with Crippen LogP contribution in [0.5, 0.6) is 0 Å². The Kier molecular flexibility index (Phi) is 4.07. The van der Waals surface area contributed by atoms with Crippen molar-refractivity contribution < 1.29 is 23.1 Å². The fourth-order valence-corrected chi connectivity index (χ4v) is 4.58. The lowest BCUT2D eigenvalue weighted by molar-refractivity contribution is -0.136. The molecule has 1 amide bonds. The molecule has 0 radical (unpaired) electrons. The molecule has 1 aliphatic carbocycles. The third-order valence-electron chi connectivity index (χ3n) is 5.90. The first-order valence-electron chi connectivity index (χ1n) is 9.61. The second-order valence-electron chi connectivity index (χ2n) is 7.61. The van der Waals surface area contributed by atoms with Crippen molar-refractivity contribution in [3.63, 3.8) is 0 Å². The summed E-state index contributed by atoms with van der Waals surface area (Å²) in [6, 6.07) is 12.4. The van der Waals surface area contributed by atoms with Gasteiger partial charge in [-0.3, -0.25) is 9.59 Å². The molecule has 2 aliphatic heterocycles. The van der Waals surface area contributed by atoms with E-state index in [4.69, 9.17) is 9.15 Å². The smallest absolute Gasteiger partial charge is 0.290 e. The highest BCUT2D eigenvalue weighted by molar-refractivity contribution is 6.11. The Morgan fingerprint density at radius 1 is 1.07 bits per heavy atom. The van der Waals surface area contributed by atoms with Crippen LogP contribution in [0.2, 0.25) is 0 Å². The van der Waals surface area contributed by atoms with Gasteiger partial charge in [0.1, 0.15) is 18.0 Å². The summed E-state index contributed by atoms with van der Waals surface area (Å²) >= 11 is 0. The molecular weight excluding hydrogens is 361 g/mol. The van der Waals surface area contributed by atoms with E-state index in [9.17, 15) is 14.0 Å². The van der Waals surface area contributed by atoms with E-state index in [0.29, 0.717) is 24.2 Å². The first-order chi connectivity index (χ1) is 13.6. The highest BCUT2D eigenvalue weighted by Gasteiger charge is 2.53. The van der Waals surface area contributed by atoms with Crippen molar-refractivity contribution in [1.29, 1.82) is 0 Å². The summed E-state index contributed by atoms with van der Waals surface area (Å²) in [4.78, 5) is 28.2. The van der Waals surface area contributed by atoms with Crippen molar-refractivity contribution in [3.8, 4) is 0 Å². The zero-order chi connectivity index (χ0) is 19.3. The van der Waals surface area contributed by atoms with Gasteiger partial charge in [0, 0.05) is 0 Å². The molecule has 3 heterocycles. The number of halogens is 1. The van der Waals surface area contributed by atoms with Gasteiger partial charge < -0.3 is 14.1 Å². The van der Waals surface area contributed by atoms with E-state index in [2.05, 4.69) is 0 Å². The van der Waals surface area contributed by atoms with Crippen LogP contribution in [0.3, 0.4) is 0 Å². The fourth-order valence-electron chi connectivity index (χ4n) is 4.58. The Bertz CT molecular complexity index is 937. The number of amides is 1. The number of hydrogen-bond acceptors (Lipinski definition) is 4. The number of carbonyl (C=O) groups excluding carboxylic acids is 2. The summed E-state index contributed by atoms with van der Waals surface area (Å²) < 4.78 is 25.4. The zero-order valence-corrected chi connectivity index (χ0v) is 15.2. The molecule has 1 fully saturated rings. The SMILES string of the molecule is O=C1C2=C(OC3CCC(F)CC13)C(=O)N(Cc1ccco1)C2c1ccccc1. The van der Waals surface area contributed by atoms with Gasteiger partial charge in [-0.05, 0) is 37.0 Å². The number of ketones is 1. The topological polar surface area (TPSA) is 59.8 Å². The summed E-state index contributed by atoms with van der Waals surface area (Å²) in [6.07, 6.45) is 1.12. The predicted molar refractivity (Wildman–Crippen MR) is 97.6 cm³/mol. The Hall–Kier alpha value is -2.89. The van der Waals surface area contributed by atoms with Crippen LogP contribution in [0.25, 0.3) is 0 Å². The number of ether oxygens (including phenoxy) is 1. The van der Waals surface area contributed by atoms with Crippen LogP contribution in [0.4, 0.5) is 4.39 Å². The number of nitrogens with zero attached hydrogens (tertiary/aromatic N) is 1. The molecule has 4 unspecified atom stereocenters. The van der Waals surface area contributed by atoms with E-state index in [0.717, 1.165) is 5.56 Å². The molecule has 28 heavy (non-hydrogen) atoms. The van der Waals surface area contributed by atoms with E-state index in [1.807, 2.05) is 30.3 Å². The minimum absolute atomic E-state index is 0.129. The molecule has 5 rings (SSSR count). The Morgan fingerprint density at radius 2 is 1.89 bits per heavy atom. The van der Waals surface area contributed by atoms with E-state index in [1.54, 1.807) is 23.3 Å². The molecule has 2 aromatic rings. The van der Waals surface area contributed by atoms with Crippen LogP contribution in [0.15, 0.2) is 64.5 Å². The van der Waals surface area contributed by atoms with Crippen molar-refractivity contribution in [3.05, 3.63) is 71.4 Å². The second kappa shape index (κ2) is 6.62. The van der Waals surface area contributed by atoms with Crippen LogP contribution in [0, 0.1) is 5.92 Å². The summed E-state index contributed by atoms with van der Waals surface area (Å²) in [6.45, 7) is 0.232. The monoisotopic (exact) mass is 381 g/mol. The molecule has 1 aromatic carbocycles. The maximum absolute atomic E-state index is 14.0. The molecule has 144 valence electrons. The van der Waals surface area contributed by atoms with Gasteiger partial charge >= 0.3 is 0 Å². The van der Waals surface area contributed by atoms with Crippen molar-refractivity contribution in [1.82, 2.24) is 4.90 Å². The Morgan fingerprint density at radius 3 is 2.64 bits per heavy atom. The second-order valence-corrected chi connectivity index (χ2v) is 7.61. The lowest BCUT2D eigenvalue weighted by Crippen LogP contribution is -2.42. The van der Waals surface area contributed by atoms with Gasteiger partial charge in [0.2, 0.25) is 0 Å². The van der Waals surface area contributed by atoms with Crippen LogP contribution in [0.1, 0.15) is 36.6 Å². The normalized spacial score (nSPS) is 29.5. The number of fused-ring (bicyclic) bond motifs is 1. The van der Waals surface area contributed by atoms with Gasteiger partial charge in [0.05, 0.1) is 30.3 Å². The molecular formula is C22H20FNO4. The summed E-state index contributed by atoms with van der Waals surface area (Å²) in [7, 11) is 0. The molecule has 0 N–H and O–H groups in total. The summed E-state index contributed by atoms with van der Waals surface area (Å²) in [5, 5.41) is 0. The average Bonchev–Trinajstić information content (AvgIpc) is 3.31. The largest absolute Gasteiger partial charge is 0.483 e. The standard InChI is InChI=1S/C22H20FNO4/c23-14-8-9-17-16(11-14)20(25)18-19(13-5-2-1-3-6-13)24(22(26)21(18)28-17)12-15-7-4-10-27-15/h1-7,10,14,16-17,19H,8-9,11-12H2. The van der Waals surface area contributed by atoms with Gasteiger partial charge in [0.15, 0.2) is 11.5 Å². The van der Waals surface area contributed by atoms with Gasteiger partial charge in [-0.2, -0.15) is 0 Å². The third kappa shape index (κ3) is 2.66. The predicted octanol–water partition coefficient (Wildman–Crippen LogP) is 3.72. The van der Waals surface area contributed by atoms with Crippen molar-refractivity contribution >= 4 is 11.7 Å². The lowest BCUT2D eigenvalue weighted by Gasteiger charge is -2.36. The molecule has 3 aliphatic rings. The average molecular weight is 381 g/mol. The number of Topliss-reactive ketones (excluding diaryl/α,β-unsaturated/α-hetero) is 1. The van der Waals surface area contributed by atoms with Crippen molar-refractivity contribution in [2.45, 2.75) is 44.1 Å². The minimum Gasteiger partial charge on any atom is -0.483 e. The molecule has 6 heteroatoms. The van der Waals surface area contributed by atoms with E-state index < -0.39 is 24.2 Å². The number of furan rings is 1. The van der Waals surface area contributed by atoms with Crippen molar-refractivity contribution in [2.24, 2.45) is 5.92 Å². The van der Waals surface area contributed by atoms with E-state index in [1.165, 1.54) is 0 Å². The van der Waals surface area contributed by atoms with E-state index in [-0.39, 0.29) is 30.4 Å². The minimum atomic E-state index is -0.998. The fraction of sp³-hybridized carbons (Fsp3) is 0.364. The van der Waals surface area contributed by atoms with E-state index >= 15 is 0 Å². The maximum Gasteiger partial charge on any atom is 0.290 e. The van der Waals surface area contributed by atoms with Gasteiger partial charge in [-0.25, -0.2) is 4.39 Å². The number of rotatable bonds is 3. The first kappa shape index (κ1) is 17.2. The van der Waals surface area contributed by atoms with Gasteiger partial charge in [-0.15, -0.1) is 0 Å². The lowest BCUT2D eigenvalue weighted by atomic mass is 9.77. The quantitative estimate of drug-likeness (QED) is 0.813. The molecule has 5 nitrogen and oxygen atoms in total.